The molecule has 31 heavy (non-hydrogen) atoms. The largest absolute Gasteiger partial charge is 0.275 e. The van der Waals surface area contributed by atoms with Gasteiger partial charge in [0.2, 0.25) is 0 Å². The highest BCUT2D eigenvalue weighted by Gasteiger charge is 2.50. The maximum absolute atomic E-state index is 9.63. The van der Waals surface area contributed by atoms with Crippen molar-refractivity contribution in [2.24, 2.45) is 18.9 Å². The normalized spacial score (nSPS) is 21.4. The van der Waals surface area contributed by atoms with E-state index in [1.807, 2.05) is 47.8 Å². The Morgan fingerprint density at radius 3 is 2.65 bits per heavy atom. The highest BCUT2D eigenvalue weighted by Crippen LogP contribution is 2.50. The molecule has 9 nitrogen and oxygen atoms in total. The Morgan fingerprint density at radius 1 is 1.13 bits per heavy atom. The van der Waals surface area contributed by atoms with Gasteiger partial charge in [0.1, 0.15) is 0 Å². The summed E-state index contributed by atoms with van der Waals surface area (Å²) in [5.74, 6) is 0.0990. The van der Waals surface area contributed by atoms with Gasteiger partial charge in [-0.05, 0) is 31.7 Å². The Hall–Kier alpha value is -3.98. The van der Waals surface area contributed by atoms with Crippen LogP contribution in [0.5, 0.6) is 0 Å². The van der Waals surface area contributed by atoms with E-state index in [1.54, 1.807) is 23.3 Å². The molecule has 0 spiro atoms. The fraction of sp³-hybridized carbons (Fsp3) is 0.364. The number of nitriles is 2. The molecule has 154 valence electrons. The van der Waals surface area contributed by atoms with Gasteiger partial charge in [-0.25, -0.2) is 9.50 Å². The predicted molar refractivity (Wildman–Crippen MR) is 112 cm³/mol. The van der Waals surface area contributed by atoms with E-state index in [4.69, 9.17) is 10.2 Å². The molecule has 4 aromatic rings. The van der Waals surface area contributed by atoms with Crippen molar-refractivity contribution in [2.75, 3.05) is 0 Å². The van der Waals surface area contributed by atoms with Gasteiger partial charge >= 0.3 is 0 Å². The topological polar surface area (TPSA) is 113 Å². The van der Waals surface area contributed by atoms with Gasteiger partial charge in [-0.2, -0.15) is 25.8 Å². The average Bonchev–Trinajstić information content (AvgIpc) is 3.49. The van der Waals surface area contributed by atoms with E-state index in [-0.39, 0.29) is 11.5 Å². The molecule has 0 unspecified atom stereocenters. The third kappa shape index (κ3) is 2.98. The highest BCUT2D eigenvalue weighted by atomic mass is 15.3. The van der Waals surface area contributed by atoms with Crippen molar-refractivity contribution in [3.8, 4) is 34.7 Å². The van der Waals surface area contributed by atoms with Crippen LogP contribution >= 0.6 is 0 Å². The number of aryl methyl sites for hydroxylation is 1. The molecule has 0 bridgehead atoms. The van der Waals surface area contributed by atoms with Gasteiger partial charge in [-0.15, -0.1) is 0 Å². The summed E-state index contributed by atoms with van der Waals surface area (Å²) in [5, 5.41) is 32.0. The minimum absolute atomic E-state index is 0.208. The van der Waals surface area contributed by atoms with Crippen LogP contribution in [0.3, 0.4) is 0 Å². The van der Waals surface area contributed by atoms with Crippen molar-refractivity contribution >= 4 is 5.52 Å². The molecule has 0 amide bonds. The molecular weight excluding hydrogens is 390 g/mol. The van der Waals surface area contributed by atoms with Gasteiger partial charge in [-0.3, -0.25) is 9.36 Å². The molecule has 5 rings (SSSR count). The number of hydrogen-bond acceptors (Lipinski definition) is 6. The van der Waals surface area contributed by atoms with Crippen LogP contribution in [-0.2, 0) is 12.6 Å². The fourth-order valence-electron chi connectivity index (χ4n) is 4.59. The quantitative estimate of drug-likeness (QED) is 0.498. The number of nitrogens with zero attached hydrogens (tertiary/aromatic N) is 9. The van der Waals surface area contributed by atoms with Crippen LogP contribution in [0.15, 0.2) is 43.2 Å². The van der Waals surface area contributed by atoms with Crippen LogP contribution in [-0.4, -0.2) is 34.2 Å². The highest BCUT2D eigenvalue weighted by molar-refractivity contribution is 5.78. The first-order valence-corrected chi connectivity index (χ1v) is 10.2. The minimum atomic E-state index is -0.383. The molecule has 1 atom stereocenters. The Morgan fingerprint density at radius 2 is 1.94 bits per heavy atom. The van der Waals surface area contributed by atoms with E-state index in [0.717, 1.165) is 40.9 Å². The first kappa shape index (κ1) is 19.0. The third-order valence-corrected chi connectivity index (χ3v) is 6.37. The minimum Gasteiger partial charge on any atom is -0.275 e. The van der Waals surface area contributed by atoms with Crippen molar-refractivity contribution in [1.82, 2.24) is 34.2 Å². The molecular formula is C22H21N9. The van der Waals surface area contributed by atoms with Crippen molar-refractivity contribution in [3.05, 3.63) is 43.2 Å². The average molecular weight is 411 g/mol. The molecule has 0 aromatic carbocycles. The Balaban J connectivity index is 1.57. The van der Waals surface area contributed by atoms with Crippen LogP contribution in [0, 0.1) is 34.5 Å². The van der Waals surface area contributed by atoms with Crippen LogP contribution in [0.4, 0.5) is 0 Å². The van der Waals surface area contributed by atoms with Gasteiger partial charge in [0.15, 0.2) is 0 Å². The van der Waals surface area contributed by atoms with Crippen LogP contribution < -0.4 is 0 Å². The standard InChI is InChI=1S/C22H21N9/c1-15(9-24)22(7-16(8-22)3-5-23)31-13-18(11-27-31)21-20-4-6-25-30(20)14-19(28-21)17-10-26-29(2)12-17/h4,6,10-16H,3,7-8H2,1-2H3/t15-,16-,22+/m0/s1. The van der Waals surface area contributed by atoms with Crippen LogP contribution in [0.1, 0.15) is 26.2 Å². The summed E-state index contributed by atoms with van der Waals surface area (Å²) < 4.78 is 5.46. The lowest BCUT2D eigenvalue weighted by atomic mass is 9.62. The van der Waals surface area contributed by atoms with Gasteiger partial charge in [0.25, 0.3) is 0 Å². The van der Waals surface area contributed by atoms with E-state index in [0.29, 0.717) is 12.3 Å². The maximum atomic E-state index is 9.63. The zero-order valence-corrected chi connectivity index (χ0v) is 17.3. The van der Waals surface area contributed by atoms with Gasteiger partial charge < -0.3 is 0 Å². The van der Waals surface area contributed by atoms with Gasteiger partial charge in [0, 0.05) is 37.0 Å². The first-order chi connectivity index (χ1) is 15.0. The molecule has 0 N–H and O–H groups in total. The molecule has 0 aliphatic heterocycles. The summed E-state index contributed by atoms with van der Waals surface area (Å²) in [6, 6.07) is 6.57. The molecule has 1 saturated carbocycles. The van der Waals surface area contributed by atoms with Crippen LogP contribution in [0.2, 0.25) is 0 Å². The van der Waals surface area contributed by atoms with E-state index < -0.39 is 0 Å². The van der Waals surface area contributed by atoms with Crippen LogP contribution in [0.25, 0.3) is 28.0 Å². The maximum Gasteiger partial charge on any atom is 0.0999 e. The van der Waals surface area contributed by atoms with Gasteiger partial charge in [0.05, 0.1) is 65.3 Å². The second-order valence-corrected chi connectivity index (χ2v) is 8.30. The zero-order valence-electron chi connectivity index (χ0n) is 17.3. The van der Waals surface area contributed by atoms with E-state index in [2.05, 4.69) is 27.4 Å². The zero-order chi connectivity index (χ0) is 21.6. The molecule has 1 aliphatic carbocycles. The molecule has 1 aliphatic rings. The number of hydrogen-bond donors (Lipinski definition) is 0. The second-order valence-electron chi connectivity index (χ2n) is 8.30. The Labute approximate surface area is 179 Å². The molecule has 0 radical (unpaired) electrons. The molecule has 4 aromatic heterocycles. The summed E-state index contributed by atoms with van der Waals surface area (Å²) in [5.41, 5.74) is 3.81. The summed E-state index contributed by atoms with van der Waals surface area (Å²) >= 11 is 0. The van der Waals surface area contributed by atoms with E-state index in [9.17, 15) is 5.26 Å². The first-order valence-electron chi connectivity index (χ1n) is 10.2. The van der Waals surface area contributed by atoms with E-state index >= 15 is 0 Å². The monoisotopic (exact) mass is 411 g/mol. The van der Waals surface area contributed by atoms with Crippen molar-refractivity contribution < 1.29 is 0 Å². The molecule has 9 heteroatoms. The van der Waals surface area contributed by atoms with E-state index in [1.165, 1.54) is 0 Å². The third-order valence-electron chi connectivity index (χ3n) is 6.37. The molecule has 1 fully saturated rings. The molecule has 0 saturated heterocycles. The van der Waals surface area contributed by atoms with Crippen molar-refractivity contribution in [1.29, 1.82) is 10.5 Å². The number of fused-ring (bicyclic) bond motifs is 1. The predicted octanol–water partition coefficient (Wildman–Crippen LogP) is 3.17. The van der Waals surface area contributed by atoms with Crippen molar-refractivity contribution in [3.63, 3.8) is 0 Å². The Kier molecular flexibility index (Phi) is 4.33. The molecule has 4 heterocycles. The summed E-state index contributed by atoms with van der Waals surface area (Å²) in [6.07, 6.45) is 13.2. The summed E-state index contributed by atoms with van der Waals surface area (Å²) in [7, 11) is 1.87. The smallest absolute Gasteiger partial charge is 0.0999 e. The number of rotatable bonds is 5. The lowest BCUT2D eigenvalue weighted by Gasteiger charge is -2.49. The van der Waals surface area contributed by atoms with Gasteiger partial charge in [-0.1, -0.05) is 0 Å². The lowest BCUT2D eigenvalue weighted by Crippen LogP contribution is -2.51. The fourth-order valence-corrected chi connectivity index (χ4v) is 4.59. The summed E-state index contributed by atoms with van der Waals surface area (Å²) in [6.45, 7) is 1.93. The SMILES string of the molecule is C[C@@H](C#N)[C@]1(n2cc(-c3nc(-c4cnn(C)c4)cn4nccc34)cn2)C[C@@H](CC#N)C1. The second kappa shape index (κ2) is 7.06. The lowest BCUT2D eigenvalue weighted by molar-refractivity contribution is 0.0228. The Bertz CT molecular complexity index is 1340. The van der Waals surface area contributed by atoms with Crippen molar-refractivity contribution in [2.45, 2.75) is 31.7 Å². The number of aromatic nitrogens is 7. The summed E-state index contributed by atoms with van der Waals surface area (Å²) in [4.78, 5) is 4.90.